The number of ether oxygens (including phenoxy) is 1. The third kappa shape index (κ3) is 3.57. The van der Waals surface area contributed by atoms with Crippen LogP contribution >= 0.6 is 0 Å². The van der Waals surface area contributed by atoms with Gasteiger partial charge in [0.05, 0.1) is 12.7 Å². The highest BCUT2D eigenvalue weighted by Gasteiger charge is 2.18. The minimum absolute atomic E-state index is 0.172. The fourth-order valence-electron chi connectivity index (χ4n) is 2.48. The van der Waals surface area contributed by atoms with Gasteiger partial charge in [0.1, 0.15) is 0 Å². The Labute approximate surface area is 110 Å². The summed E-state index contributed by atoms with van der Waals surface area (Å²) in [5.74, 6) is 0. The summed E-state index contributed by atoms with van der Waals surface area (Å²) in [6.07, 6.45) is 6.75. The number of aromatic nitrogens is 1. The van der Waals surface area contributed by atoms with Crippen LogP contribution in [-0.2, 0) is 11.3 Å². The molecule has 0 aromatic carbocycles. The van der Waals surface area contributed by atoms with Crippen molar-refractivity contribution in [1.29, 1.82) is 0 Å². The molecule has 0 saturated carbocycles. The summed E-state index contributed by atoms with van der Waals surface area (Å²) in [5, 5.41) is 0. The van der Waals surface area contributed by atoms with E-state index in [1.54, 1.807) is 0 Å². The van der Waals surface area contributed by atoms with Crippen LogP contribution in [0.5, 0.6) is 0 Å². The van der Waals surface area contributed by atoms with Crippen LogP contribution in [0.2, 0.25) is 0 Å². The van der Waals surface area contributed by atoms with Gasteiger partial charge in [-0.25, -0.2) is 0 Å². The molecule has 1 aromatic heterocycles. The van der Waals surface area contributed by atoms with E-state index in [2.05, 4.69) is 41.9 Å². The van der Waals surface area contributed by atoms with Gasteiger partial charge in [-0.2, -0.15) is 0 Å². The zero-order chi connectivity index (χ0) is 13.0. The third-order valence-electron chi connectivity index (χ3n) is 3.56. The van der Waals surface area contributed by atoms with E-state index in [9.17, 15) is 0 Å². The van der Waals surface area contributed by atoms with Gasteiger partial charge in [0.25, 0.3) is 0 Å². The minimum atomic E-state index is 0.172. The minimum Gasteiger partial charge on any atom is -0.374 e. The van der Waals surface area contributed by atoms with Crippen LogP contribution in [0.15, 0.2) is 18.5 Å². The molecule has 1 aromatic rings. The highest BCUT2D eigenvalue weighted by molar-refractivity contribution is 5.14. The number of nitrogens with zero attached hydrogens (tertiary/aromatic N) is 2. The van der Waals surface area contributed by atoms with Gasteiger partial charge in [0.15, 0.2) is 0 Å². The van der Waals surface area contributed by atoms with Gasteiger partial charge in [-0.05, 0) is 25.1 Å². The monoisotopic (exact) mass is 251 g/mol. The maximum atomic E-state index is 6.12. The predicted molar refractivity (Wildman–Crippen MR) is 73.5 cm³/mol. The zero-order valence-electron chi connectivity index (χ0n) is 11.5. The number of morpholine rings is 1. The van der Waals surface area contributed by atoms with Crippen LogP contribution in [0.25, 0.3) is 0 Å². The zero-order valence-corrected chi connectivity index (χ0v) is 11.5. The summed E-state index contributed by atoms with van der Waals surface area (Å²) in [4.78, 5) is 2.32. The SMILES string of the molecule is CCCC(N)c1ccn(CC2CN(C)CCO2)c1. The average Bonchev–Trinajstić information content (AvgIpc) is 2.78. The van der Waals surface area contributed by atoms with Crippen molar-refractivity contribution in [3.8, 4) is 0 Å². The molecule has 0 bridgehead atoms. The van der Waals surface area contributed by atoms with Crippen LogP contribution < -0.4 is 5.73 Å². The number of hydrogen-bond acceptors (Lipinski definition) is 3. The van der Waals surface area contributed by atoms with E-state index in [0.717, 1.165) is 39.1 Å². The Morgan fingerprint density at radius 1 is 1.56 bits per heavy atom. The normalized spacial score (nSPS) is 23.2. The number of likely N-dealkylation sites (N-methyl/N-ethyl adjacent to an activating group) is 1. The van der Waals surface area contributed by atoms with E-state index >= 15 is 0 Å². The van der Waals surface area contributed by atoms with Gasteiger partial charge in [0.2, 0.25) is 0 Å². The van der Waals surface area contributed by atoms with Gasteiger partial charge in [0, 0.05) is 38.1 Å². The lowest BCUT2D eigenvalue weighted by Gasteiger charge is -2.30. The molecule has 1 aliphatic rings. The number of nitrogens with two attached hydrogens (primary N) is 1. The third-order valence-corrected chi connectivity index (χ3v) is 3.56. The lowest BCUT2D eigenvalue weighted by atomic mass is 10.1. The molecular formula is C14H25N3O. The van der Waals surface area contributed by atoms with Crippen molar-refractivity contribution in [1.82, 2.24) is 9.47 Å². The Kier molecular flexibility index (Phi) is 4.80. The van der Waals surface area contributed by atoms with Crippen LogP contribution in [0.3, 0.4) is 0 Å². The lowest BCUT2D eigenvalue weighted by Crippen LogP contribution is -2.41. The van der Waals surface area contributed by atoms with Crippen molar-refractivity contribution in [3.05, 3.63) is 24.0 Å². The van der Waals surface area contributed by atoms with Crippen LogP contribution in [0.4, 0.5) is 0 Å². The molecule has 0 amide bonds. The molecule has 4 heteroatoms. The van der Waals surface area contributed by atoms with Gasteiger partial charge in [-0.15, -0.1) is 0 Å². The summed E-state index contributed by atoms with van der Waals surface area (Å²) in [5.41, 5.74) is 7.36. The molecule has 2 rings (SSSR count). The van der Waals surface area contributed by atoms with Crippen molar-refractivity contribution in [2.24, 2.45) is 5.73 Å². The van der Waals surface area contributed by atoms with E-state index < -0.39 is 0 Å². The second-order valence-electron chi connectivity index (χ2n) is 5.29. The summed E-state index contributed by atoms with van der Waals surface area (Å²) in [7, 11) is 2.15. The summed E-state index contributed by atoms with van der Waals surface area (Å²) < 4.78 is 7.98. The Hall–Kier alpha value is -0.840. The molecule has 2 heterocycles. The van der Waals surface area contributed by atoms with Crippen molar-refractivity contribution < 1.29 is 4.74 Å². The first-order valence-electron chi connectivity index (χ1n) is 6.90. The first-order chi connectivity index (χ1) is 8.69. The summed E-state index contributed by atoms with van der Waals surface area (Å²) in [6.45, 7) is 5.97. The quantitative estimate of drug-likeness (QED) is 0.865. The molecule has 2 atom stereocenters. The number of hydrogen-bond donors (Lipinski definition) is 1. The molecule has 0 radical (unpaired) electrons. The maximum Gasteiger partial charge on any atom is 0.0880 e. The fraction of sp³-hybridized carbons (Fsp3) is 0.714. The molecular weight excluding hydrogens is 226 g/mol. The van der Waals surface area contributed by atoms with Crippen LogP contribution in [0, 0.1) is 0 Å². The standard InChI is InChI=1S/C14H25N3O/c1-3-4-14(15)12-5-6-17(9-12)11-13-10-16(2)7-8-18-13/h5-6,9,13-14H,3-4,7-8,10-11,15H2,1-2H3. The van der Waals surface area contributed by atoms with E-state index in [4.69, 9.17) is 10.5 Å². The highest BCUT2D eigenvalue weighted by Crippen LogP contribution is 2.16. The molecule has 1 aliphatic heterocycles. The van der Waals surface area contributed by atoms with Crippen molar-refractivity contribution in [3.63, 3.8) is 0 Å². The van der Waals surface area contributed by atoms with E-state index in [1.165, 1.54) is 5.56 Å². The molecule has 18 heavy (non-hydrogen) atoms. The average molecular weight is 251 g/mol. The predicted octanol–water partition coefficient (Wildman–Crippen LogP) is 1.62. The first-order valence-corrected chi connectivity index (χ1v) is 6.90. The molecule has 0 spiro atoms. The van der Waals surface area contributed by atoms with Crippen LogP contribution in [0.1, 0.15) is 31.4 Å². The van der Waals surface area contributed by atoms with Crippen molar-refractivity contribution >= 4 is 0 Å². The summed E-state index contributed by atoms with van der Waals surface area (Å²) in [6, 6.07) is 2.30. The van der Waals surface area contributed by atoms with Crippen molar-refractivity contribution in [2.75, 3.05) is 26.7 Å². The lowest BCUT2D eigenvalue weighted by molar-refractivity contribution is -0.0274. The maximum absolute atomic E-state index is 6.12. The Morgan fingerprint density at radius 3 is 3.11 bits per heavy atom. The second kappa shape index (κ2) is 6.36. The second-order valence-corrected chi connectivity index (χ2v) is 5.29. The topological polar surface area (TPSA) is 43.4 Å². The van der Waals surface area contributed by atoms with E-state index in [1.807, 2.05) is 0 Å². The van der Waals surface area contributed by atoms with Gasteiger partial charge >= 0.3 is 0 Å². The molecule has 2 N–H and O–H groups in total. The van der Waals surface area contributed by atoms with Gasteiger partial charge in [-0.1, -0.05) is 13.3 Å². The Bertz CT molecular complexity index is 364. The van der Waals surface area contributed by atoms with Crippen LogP contribution in [-0.4, -0.2) is 42.3 Å². The summed E-state index contributed by atoms with van der Waals surface area (Å²) >= 11 is 0. The Morgan fingerprint density at radius 2 is 2.39 bits per heavy atom. The molecule has 0 aliphatic carbocycles. The molecule has 1 fully saturated rings. The Balaban J connectivity index is 1.89. The fourth-order valence-corrected chi connectivity index (χ4v) is 2.48. The van der Waals surface area contributed by atoms with Gasteiger partial charge < -0.3 is 19.9 Å². The van der Waals surface area contributed by atoms with Gasteiger partial charge in [-0.3, -0.25) is 0 Å². The smallest absolute Gasteiger partial charge is 0.0880 e. The molecule has 4 nitrogen and oxygen atoms in total. The first kappa shape index (κ1) is 13.6. The van der Waals surface area contributed by atoms with E-state index in [0.29, 0.717) is 6.10 Å². The number of rotatable bonds is 5. The largest absolute Gasteiger partial charge is 0.374 e. The van der Waals surface area contributed by atoms with E-state index in [-0.39, 0.29) is 6.04 Å². The molecule has 102 valence electrons. The van der Waals surface area contributed by atoms with Crippen molar-refractivity contribution in [2.45, 2.75) is 38.5 Å². The molecule has 1 saturated heterocycles. The molecule has 2 unspecified atom stereocenters. The highest BCUT2D eigenvalue weighted by atomic mass is 16.5.